The Bertz CT molecular complexity index is 1390. The number of hydrogen-bond donors (Lipinski definition) is 0. The zero-order valence-electron chi connectivity index (χ0n) is 20.0. The van der Waals surface area contributed by atoms with Gasteiger partial charge in [0, 0.05) is 16.8 Å². The Labute approximate surface area is 201 Å². The molecule has 0 radical (unpaired) electrons. The SMILES string of the molecule is CC(C)(C)c1ccc(-c2nnc(C3=C=C=C(C4=CC=CCCC4)C=C3)n2-c2ccccc2)cc1. The van der Waals surface area contributed by atoms with Gasteiger partial charge in [0.05, 0.1) is 5.57 Å². The fraction of sp³-hybridized carbons (Fsp3) is 0.226. The maximum atomic E-state index is 4.61. The molecule has 2 aromatic carbocycles. The van der Waals surface area contributed by atoms with Crippen molar-refractivity contribution in [2.45, 2.75) is 45.4 Å². The molecule has 1 heterocycles. The normalized spacial score (nSPS) is 15.6. The van der Waals surface area contributed by atoms with Crippen molar-refractivity contribution in [1.82, 2.24) is 14.8 Å². The second-order valence-electron chi connectivity index (χ2n) is 9.77. The largest absolute Gasteiger partial charge is 0.274 e. The predicted molar refractivity (Wildman–Crippen MR) is 140 cm³/mol. The van der Waals surface area contributed by atoms with Gasteiger partial charge in [-0.2, -0.15) is 0 Å². The number of allylic oxidation sites excluding steroid dienone is 8. The van der Waals surface area contributed by atoms with Gasteiger partial charge in [0.25, 0.3) is 0 Å². The number of benzene rings is 2. The van der Waals surface area contributed by atoms with Crippen molar-refractivity contribution >= 4 is 5.57 Å². The van der Waals surface area contributed by atoms with E-state index in [1.165, 1.54) is 11.1 Å². The number of para-hydroxylation sites is 1. The molecule has 0 aliphatic heterocycles. The molecule has 0 atom stereocenters. The lowest BCUT2D eigenvalue weighted by Gasteiger charge is -2.19. The fourth-order valence-corrected chi connectivity index (χ4v) is 4.29. The molecular formula is C31H29N3. The van der Waals surface area contributed by atoms with Crippen LogP contribution in [-0.2, 0) is 5.41 Å². The van der Waals surface area contributed by atoms with Crippen LogP contribution in [-0.4, -0.2) is 14.8 Å². The van der Waals surface area contributed by atoms with Gasteiger partial charge in [0.15, 0.2) is 11.6 Å². The number of aromatic nitrogens is 3. The third kappa shape index (κ3) is 4.45. The molecule has 3 nitrogen and oxygen atoms in total. The summed E-state index contributed by atoms with van der Waals surface area (Å²) in [5.41, 5.74) is 13.5. The van der Waals surface area contributed by atoms with Crippen LogP contribution in [0.5, 0.6) is 0 Å². The number of hydrogen-bond acceptors (Lipinski definition) is 2. The van der Waals surface area contributed by atoms with Gasteiger partial charge in [-0.1, -0.05) is 92.9 Å². The highest BCUT2D eigenvalue weighted by molar-refractivity contribution is 5.75. The molecule has 3 heteroatoms. The quantitative estimate of drug-likeness (QED) is 0.390. The zero-order chi connectivity index (χ0) is 23.5. The molecule has 0 amide bonds. The van der Waals surface area contributed by atoms with Crippen molar-refractivity contribution in [3.63, 3.8) is 0 Å². The Morgan fingerprint density at radius 2 is 1.53 bits per heavy atom. The van der Waals surface area contributed by atoms with Gasteiger partial charge in [-0.25, -0.2) is 0 Å². The Morgan fingerprint density at radius 1 is 0.824 bits per heavy atom. The molecule has 168 valence electrons. The summed E-state index contributed by atoms with van der Waals surface area (Å²) >= 11 is 0. The lowest BCUT2D eigenvalue weighted by atomic mass is 9.86. The third-order valence-corrected chi connectivity index (χ3v) is 6.27. The first-order chi connectivity index (χ1) is 16.5. The highest BCUT2D eigenvalue weighted by Gasteiger charge is 2.20. The molecule has 0 N–H and O–H groups in total. The standard InChI is InChI=1S/C31H29N3/c1-31(2,3)27-21-19-26(20-22-27)30-33-32-29(34(30)28-13-9-6-10-14-28)25-17-15-24(16-18-25)23-11-7-4-5-8-12-23/h4,6-7,9-11,13-15,17,19-22H,5,8,12H2,1-3H3. The molecule has 0 bridgehead atoms. The molecule has 3 aromatic rings. The average molecular weight is 444 g/mol. The summed E-state index contributed by atoms with van der Waals surface area (Å²) < 4.78 is 2.11. The van der Waals surface area contributed by atoms with E-state index < -0.39 is 0 Å². The van der Waals surface area contributed by atoms with E-state index in [9.17, 15) is 0 Å². The predicted octanol–water partition coefficient (Wildman–Crippen LogP) is 7.53. The van der Waals surface area contributed by atoms with Crippen molar-refractivity contribution in [2.24, 2.45) is 0 Å². The lowest BCUT2D eigenvalue weighted by molar-refractivity contribution is 0.590. The lowest BCUT2D eigenvalue weighted by Crippen LogP contribution is -2.10. The summed E-state index contributed by atoms with van der Waals surface area (Å²) in [5.74, 6) is 1.58. The fourth-order valence-electron chi connectivity index (χ4n) is 4.29. The molecule has 0 saturated heterocycles. The summed E-state index contributed by atoms with van der Waals surface area (Å²) in [4.78, 5) is 0. The van der Waals surface area contributed by atoms with Crippen LogP contribution in [0.4, 0.5) is 0 Å². The van der Waals surface area contributed by atoms with Crippen LogP contribution in [0.1, 0.15) is 51.4 Å². The van der Waals surface area contributed by atoms with Gasteiger partial charge in [-0.05, 0) is 60.1 Å². The Balaban J connectivity index is 1.62. The van der Waals surface area contributed by atoms with Crippen molar-refractivity contribution in [3.8, 4) is 17.1 Å². The second-order valence-corrected chi connectivity index (χ2v) is 9.77. The molecule has 0 unspecified atom stereocenters. The Morgan fingerprint density at radius 3 is 2.24 bits per heavy atom. The molecule has 2 aliphatic carbocycles. The second kappa shape index (κ2) is 9.15. The van der Waals surface area contributed by atoms with Gasteiger partial charge in [0.1, 0.15) is 0 Å². The summed E-state index contributed by atoms with van der Waals surface area (Å²) in [6.07, 6.45) is 14.1. The van der Waals surface area contributed by atoms with Crippen molar-refractivity contribution < 1.29 is 0 Å². The minimum absolute atomic E-state index is 0.103. The first-order valence-electron chi connectivity index (χ1n) is 11.9. The van der Waals surface area contributed by atoms with Crippen LogP contribution in [0.15, 0.2) is 108 Å². The van der Waals surface area contributed by atoms with Gasteiger partial charge in [0.2, 0.25) is 0 Å². The third-order valence-electron chi connectivity index (χ3n) is 6.27. The molecule has 5 rings (SSSR count). The summed E-state index contributed by atoms with van der Waals surface area (Å²) in [6, 6.07) is 18.9. The van der Waals surface area contributed by atoms with Gasteiger partial charge < -0.3 is 0 Å². The molecule has 0 fully saturated rings. The van der Waals surface area contributed by atoms with E-state index >= 15 is 0 Å². The monoisotopic (exact) mass is 443 g/mol. The minimum Gasteiger partial charge on any atom is -0.274 e. The highest BCUT2D eigenvalue weighted by atomic mass is 15.3. The minimum atomic E-state index is 0.103. The highest BCUT2D eigenvalue weighted by Crippen LogP contribution is 2.30. The van der Waals surface area contributed by atoms with E-state index in [0.29, 0.717) is 0 Å². The van der Waals surface area contributed by atoms with Crippen LogP contribution in [0.25, 0.3) is 22.6 Å². The number of rotatable bonds is 4. The average Bonchev–Trinajstić information content (AvgIpc) is 3.12. The summed E-state index contributed by atoms with van der Waals surface area (Å²) in [6.45, 7) is 6.68. The van der Waals surface area contributed by atoms with E-state index in [4.69, 9.17) is 0 Å². The van der Waals surface area contributed by atoms with Crippen LogP contribution >= 0.6 is 0 Å². The van der Waals surface area contributed by atoms with Crippen LogP contribution < -0.4 is 0 Å². The van der Waals surface area contributed by atoms with Crippen LogP contribution in [0.3, 0.4) is 0 Å². The summed E-state index contributed by atoms with van der Waals surface area (Å²) in [7, 11) is 0. The molecule has 2 aliphatic rings. The van der Waals surface area contributed by atoms with Crippen molar-refractivity contribution in [2.75, 3.05) is 0 Å². The first kappa shape index (κ1) is 21.9. The van der Waals surface area contributed by atoms with E-state index in [0.717, 1.165) is 53.3 Å². The topological polar surface area (TPSA) is 30.7 Å². The molecule has 0 saturated carbocycles. The maximum absolute atomic E-state index is 4.61. The van der Waals surface area contributed by atoms with E-state index in [-0.39, 0.29) is 5.41 Å². The maximum Gasteiger partial charge on any atom is 0.177 e. The summed E-state index contributed by atoms with van der Waals surface area (Å²) in [5, 5.41) is 9.22. The first-order valence-corrected chi connectivity index (χ1v) is 11.9. The van der Waals surface area contributed by atoms with Gasteiger partial charge >= 0.3 is 0 Å². The molecule has 1 aromatic heterocycles. The van der Waals surface area contributed by atoms with Crippen LogP contribution in [0, 0.1) is 0 Å². The molecule has 0 spiro atoms. The van der Waals surface area contributed by atoms with E-state index in [1.54, 1.807) is 0 Å². The van der Waals surface area contributed by atoms with E-state index in [1.807, 2.05) is 18.2 Å². The smallest absolute Gasteiger partial charge is 0.177 e. The molecule has 34 heavy (non-hydrogen) atoms. The van der Waals surface area contributed by atoms with Crippen molar-refractivity contribution in [1.29, 1.82) is 0 Å². The Hall–Kier alpha value is -3.90. The van der Waals surface area contributed by atoms with Gasteiger partial charge in [-0.3, -0.25) is 4.57 Å². The van der Waals surface area contributed by atoms with Gasteiger partial charge in [-0.15, -0.1) is 10.2 Å². The Kier molecular flexibility index (Phi) is 5.90. The number of nitrogens with zero attached hydrogens (tertiary/aromatic N) is 3. The van der Waals surface area contributed by atoms with E-state index in [2.05, 4.69) is 114 Å². The zero-order valence-corrected chi connectivity index (χ0v) is 20.0. The molecular weight excluding hydrogens is 414 g/mol. The van der Waals surface area contributed by atoms with Crippen molar-refractivity contribution in [3.05, 3.63) is 119 Å². The van der Waals surface area contributed by atoms with Crippen LogP contribution in [0.2, 0.25) is 0 Å².